The van der Waals surface area contributed by atoms with E-state index in [1.54, 1.807) is 12.1 Å². The zero-order chi connectivity index (χ0) is 20.2. The highest BCUT2D eigenvalue weighted by Crippen LogP contribution is 2.22. The number of hydrogen-bond acceptors (Lipinski definition) is 5. The first-order valence-corrected chi connectivity index (χ1v) is 10.5. The molecule has 0 amide bonds. The predicted molar refractivity (Wildman–Crippen MR) is 106 cm³/mol. The van der Waals surface area contributed by atoms with Gasteiger partial charge in [-0.3, -0.25) is 4.90 Å². The van der Waals surface area contributed by atoms with E-state index >= 15 is 0 Å². The minimum absolute atomic E-state index is 0.0278. The number of ether oxygens (including phenoxy) is 1. The van der Waals surface area contributed by atoms with E-state index in [-0.39, 0.29) is 36.3 Å². The van der Waals surface area contributed by atoms with Gasteiger partial charge in [0, 0.05) is 19.1 Å². The van der Waals surface area contributed by atoms with Crippen molar-refractivity contribution in [2.24, 2.45) is 0 Å². The molecule has 0 aliphatic carbocycles. The normalized spacial score (nSPS) is 19.8. The van der Waals surface area contributed by atoms with Crippen LogP contribution >= 0.6 is 0 Å². The highest BCUT2D eigenvalue weighted by atomic mass is 32.2. The van der Waals surface area contributed by atoms with Gasteiger partial charge in [-0.2, -0.15) is 4.31 Å². The van der Waals surface area contributed by atoms with Crippen molar-refractivity contribution in [3.63, 3.8) is 0 Å². The summed E-state index contributed by atoms with van der Waals surface area (Å²) in [5.74, 6) is 2.03. The third-order valence-corrected chi connectivity index (χ3v) is 6.64. The van der Waals surface area contributed by atoms with Crippen LogP contribution in [-0.4, -0.2) is 68.7 Å². The fraction of sp³-hybridized carbons (Fsp3) is 0.550. The monoisotopic (exact) mass is 392 g/mol. The van der Waals surface area contributed by atoms with Crippen molar-refractivity contribution in [2.75, 3.05) is 39.0 Å². The van der Waals surface area contributed by atoms with E-state index in [1.165, 1.54) is 4.31 Å². The van der Waals surface area contributed by atoms with Crippen LogP contribution in [0.2, 0.25) is 0 Å². The average Bonchev–Trinajstić information content (AvgIpc) is 2.89. The fourth-order valence-electron chi connectivity index (χ4n) is 2.94. The largest absolute Gasteiger partial charge is 0.461 e. The molecule has 6 nitrogen and oxygen atoms in total. The van der Waals surface area contributed by atoms with Gasteiger partial charge in [0.1, 0.15) is 6.61 Å². The van der Waals surface area contributed by atoms with Crippen LogP contribution in [0.3, 0.4) is 0 Å². The maximum Gasteiger partial charge on any atom is 0.338 e. The van der Waals surface area contributed by atoms with E-state index < -0.39 is 10.0 Å². The number of sulfonamides is 1. The Kier molecular flexibility index (Phi) is 6.68. The van der Waals surface area contributed by atoms with E-state index in [0.717, 1.165) is 5.56 Å². The Morgan fingerprint density at radius 1 is 1.33 bits per heavy atom. The second-order valence-corrected chi connectivity index (χ2v) is 9.89. The van der Waals surface area contributed by atoms with Crippen molar-refractivity contribution in [1.82, 2.24) is 9.21 Å². The molecule has 1 aromatic rings. The van der Waals surface area contributed by atoms with Gasteiger partial charge in [-0.05, 0) is 30.2 Å². The molecule has 27 heavy (non-hydrogen) atoms. The van der Waals surface area contributed by atoms with E-state index in [0.29, 0.717) is 18.7 Å². The molecule has 0 spiro atoms. The Morgan fingerprint density at radius 3 is 2.52 bits per heavy atom. The molecule has 148 valence electrons. The summed E-state index contributed by atoms with van der Waals surface area (Å²) in [6, 6.07) is 7.26. The molecule has 1 aliphatic heterocycles. The van der Waals surface area contributed by atoms with Crippen LogP contribution in [-0.2, 0) is 20.2 Å². The molecule has 1 unspecified atom stereocenters. The molecule has 1 saturated heterocycles. The number of carbonyl (C=O) groups is 1. The Morgan fingerprint density at radius 2 is 1.96 bits per heavy atom. The van der Waals surface area contributed by atoms with E-state index in [2.05, 4.69) is 26.7 Å². The highest BCUT2D eigenvalue weighted by Gasteiger charge is 2.37. The summed E-state index contributed by atoms with van der Waals surface area (Å²) in [4.78, 5) is 14.1. The second kappa shape index (κ2) is 8.42. The number of benzene rings is 1. The van der Waals surface area contributed by atoms with Crippen molar-refractivity contribution in [1.29, 1.82) is 0 Å². The highest BCUT2D eigenvalue weighted by molar-refractivity contribution is 7.89. The number of esters is 1. The predicted octanol–water partition coefficient (Wildman–Crippen LogP) is 1.72. The molecule has 0 saturated carbocycles. The molecule has 0 bridgehead atoms. The molecule has 7 heteroatoms. The number of carbonyl (C=O) groups excluding carboxylic acids is 1. The third-order valence-electron chi connectivity index (χ3n) is 4.77. The minimum Gasteiger partial charge on any atom is -0.461 e. The molecular weight excluding hydrogens is 364 g/mol. The summed E-state index contributed by atoms with van der Waals surface area (Å²) in [6.45, 7) is 7.45. The molecule has 0 radical (unpaired) electrons. The lowest BCUT2D eigenvalue weighted by Gasteiger charge is -2.22. The van der Waals surface area contributed by atoms with Gasteiger partial charge in [0.25, 0.3) is 0 Å². The molecule has 1 atom stereocenters. The van der Waals surface area contributed by atoms with Crippen LogP contribution in [0.15, 0.2) is 24.3 Å². The fourth-order valence-corrected chi connectivity index (χ4v) is 4.66. The Labute approximate surface area is 162 Å². The first-order chi connectivity index (χ1) is 12.5. The topological polar surface area (TPSA) is 66.9 Å². The number of likely N-dealkylation sites (N-methyl/N-ethyl adjacent to an activating group) is 1. The summed E-state index contributed by atoms with van der Waals surface area (Å²) >= 11 is 0. The SMILES string of the molecule is C#CCN1CC(N(C)CCOC(=O)c2ccc(C(C)(C)C)cc2)CS1(=O)=O. The van der Waals surface area contributed by atoms with Crippen molar-refractivity contribution in [3.05, 3.63) is 35.4 Å². The van der Waals surface area contributed by atoms with Gasteiger partial charge in [-0.25, -0.2) is 13.2 Å². The lowest BCUT2D eigenvalue weighted by molar-refractivity contribution is 0.0458. The van der Waals surface area contributed by atoms with Gasteiger partial charge in [0.15, 0.2) is 0 Å². The number of terminal acetylenes is 1. The maximum absolute atomic E-state index is 12.2. The van der Waals surface area contributed by atoms with Gasteiger partial charge in [-0.15, -0.1) is 6.42 Å². The summed E-state index contributed by atoms with van der Waals surface area (Å²) in [7, 11) is -1.48. The summed E-state index contributed by atoms with van der Waals surface area (Å²) in [6.07, 6.45) is 5.23. The lowest BCUT2D eigenvalue weighted by Crippen LogP contribution is -2.38. The standard InChI is InChI=1S/C20H28N2O4S/c1-6-11-22-14-18(15-27(22,24)25)21(5)12-13-26-19(23)16-7-9-17(10-8-16)20(2,3)4/h1,7-10,18H,11-15H2,2-5H3. The molecule has 0 aromatic heterocycles. The molecule has 1 aromatic carbocycles. The van der Waals surface area contributed by atoms with Crippen molar-refractivity contribution >= 4 is 16.0 Å². The van der Waals surface area contributed by atoms with E-state index in [9.17, 15) is 13.2 Å². The lowest BCUT2D eigenvalue weighted by atomic mass is 9.87. The van der Waals surface area contributed by atoms with Crippen molar-refractivity contribution in [3.8, 4) is 12.3 Å². The van der Waals surface area contributed by atoms with Gasteiger partial charge < -0.3 is 4.74 Å². The molecule has 1 aliphatic rings. The molecule has 0 N–H and O–H groups in total. The Hall–Kier alpha value is -1.88. The smallest absolute Gasteiger partial charge is 0.338 e. The van der Waals surface area contributed by atoms with Crippen molar-refractivity contribution < 1.29 is 17.9 Å². The van der Waals surface area contributed by atoms with Crippen LogP contribution in [0, 0.1) is 12.3 Å². The zero-order valence-corrected chi connectivity index (χ0v) is 17.3. The van der Waals surface area contributed by atoms with Crippen LogP contribution in [0.1, 0.15) is 36.7 Å². The summed E-state index contributed by atoms with van der Waals surface area (Å²) < 4.78 is 30.8. The van der Waals surface area contributed by atoms with Gasteiger partial charge >= 0.3 is 5.97 Å². The molecule has 1 heterocycles. The molecule has 1 fully saturated rings. The van der Waals surface area contributed by atoms with Crippen LogP contribution < -0.4 is 0 Å². The van der Waals surface area contributed by atoms with Crippen LogP contribution in [0.25, 0.3) is 0 Å². The Bertz CT molecular complexity index is 804. The number of rotatable bonds is 6. The first-order valence-electron chi connectivity index (χ1n) is 8.94. The molecular formula is C20H28N2O4S. The van der Waals surface area contributed by atoms with Gasteiger partial charge in [-0.1, -0.05) is 38.8 Å². The third kappa shape index (κ3) is 5.55. The van der Waals surface area contributed by atoms with Crippen molar-refractivity contribution in [2.45, 2.75) is 32.2 Å². The average molecular weight is 393 g/mol. The number of hydrogen-bond donors (Lipinski definition) is 0. The summed E-state index contributed by atoms with van der Waals surface area (Å²) in [5, 5.41) is 0. The minimum atomic E-state index is -3.30. The first kappa shape index (κ1) is 21.4. The molecule has 2 rings (SSSR count). The van der Waals surface area contributed by atoms with E-state index in [4.69, 9.17) is 11.2 Å². The Balaban J connectivity index is 1.84. The maximum atomic E-state index is 12.2. The van der Waals surface area contributed by atoms with Gasteiger partial charge in [0.05, 0.1) is 17.9 Å². The zero-order valence-electron chi connectivity index (χ0n) is 16.4. The van der Waals surface area contributed by atoms with Gasteiger partial charge in [0.2, 0.25) is 10.0 Å². The second-order valence-electron chi connectivity index (χ2n) is 7.87. The number of nitrogens with zero attached hydrogens (tertiary/aromatic N) is 2. The summed E-state index contributed by atoms with van der Waals surface area (Å²) in [5.41, 5.74) is 1.69. The van der Waals surface area contributed by atoms with Crippen LogP contribution in [0.5, 0.6) is 0 Å². The quantitative estimate of drug-likeness (QED) is 0.545. The van der Waals surface area contributed by atoms with Crippen LogP contribution in [0.4, 0.5) is 0 Å². The van der Waals surface area contributed by atoms with E-state index in [1.807, 2.05) is 24.1 Å².